The fourth-order valence-electron chi connectivity index (χ4n) is 4.46. The minimum atomic E-state index is 0.0156. The number of hydrogen-bond acceptors (Lipinski definition) is 6. The van der Waals surface area contributed by atoms with E-state index in [9.17, 15) is 15.8 Å². The van der Waals surface area contributed by atoms with Crippen molar-refractivity contribution in [2.24, 2.45) is 10.9 Å². The number of thiophene rings is 1. The lowest BCUT2D eigenvalue weighted by Gasteiger charge is -2.24. The molecule has 4 heterocycles. The van der Waals surface area contributed by atoms with E-state index in [4.69, 9.17) is 0 Å². The SMILES string of the molecule is C=C(c1ccn(C(CC#N)C2CCN(c3scc(C#N)c3C#N)C2)c1)c1cc[nH]c1N=CC. The lowest BCUT2D eigenvalue weighted by molar-refractivity contribution is 0.360. The molecule has 33 heavy (non-hydrogen) atoms. The molecule has 8 heteroatoms. The van der Waals surface area contributed by atoms with Gasteiger partial charge in [-0.1, -0.05) is 6.58 Å². The van der Waals surface area contributed by atoms with Crippen molar-refractivity contribution in [3.63, 3.8) is 0 Å². The summed E-state index contributed by atoms with van der Waals surface area (Å²) in [6.07, 6.45) is 8.97. The molecule has 1 aliphatic rings. The Bertz CT molecular complexity index is 1320. The Kier molecular flexibility index (Phi) is 6.45. The second-order valence-electron chi connectivity index (χ2n) is 7.93. The van der Waals surface area contributed by atoms with Gasteiger partial charge in [0.15, 0.2) is 0 Å². The first kappa shape index (κ1) is 22.1. The van der Waals surface area contributed by atoms with Crippen LogP contribution >= 0.6 is 11.3 Å². The van der Waals surface area contributed by atoms with Gasteiger partial charge in [0.2, 0.25) is 0 Å². The average molecular weight is 454 g/mol. The molecule has 0 amide bonds. The van der Waals surface area contributed by atoms with Crippen LogP contribution < -0.4 is 4.90 Å². The number of H-pyrrole nitrogens is 1. The Morgan fingerprint density at radius 2 is 2.21 bits per heavy atom. The van der Waals surface area contributed by atoms with Gasteiger partial charge in [-0.3, -0.25) is 0 Å². The van der Waals surface area contributed by atoms with Crippen LogP contribution in [0.15, 0.2) is 47.7 Å². The van der Waals surface area contributed by atoms with Crippen molar-refractivity contribution < 1.29 is 0 Å². The highest BCUT2D eigenvalue weighted by molar-refractivity contribution is 7.14. The topological polar surface area (TPSA) is 108 Å². The summed E-state index contributed by atoms with van der Waals surface area (Å²) in [6, 6.07) is 10.6. The average Bonchev–Trinajstić information content (AvgIpc) is 3.62. The smallest absolute Gasteiger partial charge is 0.137 e. The third-order valence-corrected chi connectivity index (χ3v) is 7.15. The first-order valence-corrected chi connectivity index (χ1v) is 11.6. The van der Waals surface area contributed by atoms with Crippen molar-refractivity contribution in [3.8, 4) is 18.2 Å². The number of nitrogens with zero attached hydrogens (tertiary/aromatic N) is 6. The monoisotopic (exact) mass is 453 g/mol. The number of aromatic amines is 1. The summed E-state index contributed by atoms with van der Waals surface area (Å²) in [6.45, 7) is 7.69. The molecule has 164 valence electrons. The van der Waals surface area contributed by atoms with E-state index in [1.165, 1.54) is 11.3 Å². The molecule has 0 radical (unpaired) electrons. The van der Waals surface area contributed by atoms with Gasteiger partial charge in [0.05, 0.1) is 24.1 Å². The molecule has 1 fully saturated rings. The number of rotatable bonds is 7. The maximum Gasteiger partial charge on any atom is 0.137 e. The van der Waals surface area contributed by atoms with Gasteiger partial charge in [0.25, 0.3) is 0 Å². The van der Waals surface area contributed by atoms with Crippen LogP contribution in [0.2, 0.25) is 0 Å². The first-order valence-electron chi connectivity index (χ1n) is 10.7. The highest BCUT2D eigenvalue weighted by Crippen LogP contribution is 2.39. The van der Waals surface area contributed by atoms with Gasteiger partial charge < -0.3 is 14.5 Å². The molecule has 0 aliphatic carbocycles. The van der Waals surface area contributed by atoms with Crippen molar-refractivity contribution in [2.45, 2.75) is 25.8 Å². The molecule has 0 bridgehead atoms. The molecule has 2 atom stereocenters. The molecule has 0 spiro atoms. The minimum absolute atomic E-state index is 0.0156. The van der Waals surface area contributed by atoms with E-state index in [0.29, 0.717) is 17.5 Å². The van der Waals surface area contributed by atoms with Crippen LogP contribution in [0.1, 0.15) is 48.1 Å². The van der Waals surface area contributed by atoms with Gasteiger partial charge in [-0.2, -0.15) is 15.8 Å². The summed E-state index contributed by atoms with van der Waals surface area (Å²) >= 11 is 1.44. The lowest BCUT2D eigenvalue weighted by atomic mass is 9.96. The van der Waals surface area contributed by atoms with Crippen LogP contribution in [-0.2, 0) is 0 Å². The molecule has 0 saturated carbocycles. The van der Waals surface area contributed by atoms with E-state index in [1.807, 2.05) is 31.5 Å². The van der Waals surface area contributed by atoms with Gasteiger partial charge in [-0.25, -0.2) is 4.99 Å². The Morgan fingerprint density at radius 3 is 2.94 bits per heavy atom. The zero-order valence-corrected chi connectivity index (χ0v) is 19.1. The number of hydrogen-bond donors (Lipinski definition) is 1. The zero-order valence-electron chi connectivity index (χ0n) is 18.3. The second-order valence-corrected chi connectivity index (χ2v) is 8.79. The molecule has 1 saturated heterocycles. The summed E-state index contributed by atoms with van der Waals surface area (Å²) in [5.41, 5.74) is 3.70. The third kappa shape index (κ3) is 4.20. The Hall–Kier alpha value is -4.06. The molecule has 1 N–H and O–H groups in total. The summed E-state index contributed by atoms with van der Waals surface area (Å²) in [7, 11) is 0. The normalized spacial score (nSPS) is 16.4. The molecule has 1 aliphatic heterocycles. The Balaban J connectivity index is 1.55. The van der Waals surface area contributed by atoms with Crippen LogP contribution in [0.4, 0.5) is 10.8 Å². The maximum atomic E-state index is 9.53. The number of nitrogens with one attached hydrogen (secondary N) is 1. The predicted molar refractivity (Wildman–Crippen MR) is 131 cm³/mol. The third-order valence-electron chi connectivity index (χ3n) is 6.11. The van der Waals surface area contributed by atoms with Crippen molar-refractivity contribution in [1.82, 2.24) is 9.55 Å². The number of nitriles is 3. The van der Waals surface area contributed by atoms with E-state index >= 15 is 0 Å². The highest BCUT2D eigenvalue weighted by atomic mass is 32.1. The van der Waals surface area contributed by atoms with Crippen LogP contribution in [-0.4, -0.2) is 28.9 Å². The fraction of sp³-hybridized carbons (Fsp3) is 0.280. The molecular formula is C25H23N7S. The van der Waals surface area contributed by atoms with E-state index in [1.54, 1.807) is 11.6 Å². The number of aliphatic imine (C=N–C) groups is 1. The van der Waals surface area contributed by atoms with Crippen molar-refractivity contribution >= 4 is 33.9 Å². The zero-order chi connectivity index (χ0) is 23.4. The van der Waals surface area contributed by atoms with Crippen LogP contribution in [0, 0.1) is 39.9 Å². The van der Waals surface area contributed by atoms with Gasteiger partial charge >= 0.3 is 0 Å². The minimum Gasteiger partial charge on any atom is -0.362 e. The van der Waals surface area contributed by atoms with Gasteiger partial charge in [0, 0.05) is 48.8 Å². The molecule has 3 aromatic heterocycles. The van der Waals surface area contributed by atoms with Gasteiger partial charge in [-0.05, 0) is 42.5 Å². The molecule has 2 unspecified atom stereocenters. The lowest BCUT2D eigenvalue weighted by Crippen LogP contribution is -2.24. The van der Waals surface area contributed by atoms with Crippen molar-refractivity contribution in [2.75, 3.05) is 18.0 Å². The molecule has 4 rings (SSSR count). The molecule has 0 aromatic carbocycles. The summed E-state index contributed by atoms with van der Waals surface area (Å²) in [4.78, 5) is 9.68. The predicted octanol–water partition coefficient (Wildman–Crippen LogP) is 5.39. The van der Waals surface area contributed by atoms with Crippen LogP contribution in [0.3, 0.4) is 0 Å². The molecule has 7 nitrogen and oxygen atoms in total. The Morgan fingerprint density at radius 1 is 1.36 bits per heavy atom. The van der Waals surface area contributed by atoms with Crippen LogP contribution in [0.25, 0.3) is 5.57 Å². The Labute approximate surface area is 197 Å². The van der Waals surface area contributed by atoms with Crippen LogP contribution in [0.5, 0.6) is 0 Å². The molecular weight excluding hydrogens is 430 g/mol. The van der Waals surface area contributed by atoms with E-state index in [2.05, 4.69) is 50.4 Å². The standard InChI is InChI=1S/C25H23N7S/c1-3-29-24-21(5-9-30-24)17(2)18-6-10-31(14-18)23(4-8-26)19-7-11-32(15-19)25-22(13-28)20(12-27)16-33-25/h3,5-6,9-10,14,16,19,23,30H,2,4,7,11,15H2,1H3. The highest BCUT2D eigenvalue weighted by Gasteiger charge is 2.32. The summed E-state index contributed by atoms with van der Waals surface area (Å²) in [5, 5.41) is 30.9. The van der Waals surface area contributed by atoms with E-state index in [0.717, 1.165) is 47.0 Å². The van der Waals surface area contributed by atoms with E-state index < -0.39 is 0 Å². The summed E-state index contributed by atoms with van der Waals surface area (Å²) in [5.74, 6) is 1.03. The summed E-state index contributed by atoms with van der Waals surface area (Å²) < 4.78 is 2.12. The fourth-order valence-corrected chi connectivity index (χ4v) is 5.45. The molecule has 3 aromatic rings. The van der Waals surface area contributed by atoms with Gasteiger partial charge in [-0.15, -0.1) is 11.3 Å². The van der Waals surface area contributed by atoms with E-state index in [-0.39, 0.29) is 12.0 Å². The largest absolute Gasteiger partial charge is 0.362 e. The number of anilines is 1. The van der Waals surface area contributed by atoms with Crippen molar-refractivity contribution in [3.05, 3.63) is 64.9 Å². The first-order chi connectivity index (χ1) is 16.1. The van der Waals surface area contributed by atoms with Gasteiger partial charge in [0.1, 0.15) is 28.5 Å². The maximum absolute atomic E-state index is 9.53. The quantitative estimate of drug-likeness (QED) is 0.484. The van der Waals surface area contributed by atoms with Crippen molar-refractivity contribution in [1.29, 1.82) is 15.8 Å². The number of aromatic nitrogens is 2. The second kappa shape index (κ2) is 9.61.